The van der Waals surface area contributed by atoms with Crippen LogP contribution in [0.5, 0.6) is 0 Å². The summed E-state index contributed by atoms with van der Waals surface area (Å²) in [6.45, 7) is 2.09. The molecular formula is C13H23NO5. The zero-order chi connectivity index (χ0) is 14.3. The number of rotatable bonds is 8. The van der Waals surface area contributed by atoms with Crippen LogP contribution in [0.1, 0.15) is 39.0 Å². The van der Waals surface area contributed by atoms with Crippen molar-refractivity contribution in [1.29, 1.82) is 0 Å². The van der Waals surface area contributed by atoms with Crippen molar-refractivity contribution in [3.63, 3.8) is 0 Å². The van der Waals surface area contributed by atoms with Crippen LogP contribution in [0.4, 0.5) is 0 Å². The molecule has 110 valence electrons. The zero-order valence-electron chi connectivity index (χ0n) is 11.4. The smallest absolute Gasteiger partial charge is 0.311 e. The van der Waals surface area contributed by atoms with Crippen molar-refractivity contribution in [1.82, 2.24) is 4.90 Å². The van der Waals surface area contributed by atoms with Gasteiger partial charge in [-0.1, -0.05) is 26.2 Å². The van der Waals surface area contributed by atoms with E-state index in [1.807, 2.05) is 0 Å². The Morgan fingerprint density at radius 2 is 2.21 bits per heavy atom. The van der Waals surface area contributed by atoms with E-state index >= 15 is 0 Å². The molecular weight excluding hydrogens is 250 g/mol. The lowest BCUT2D eigenvalue weighted by atomic mass is 10.1. The molecule has 19 heavy (non-hydrogen) atoms. The zero-order valence-corrected chi connectivity index (χ0v) is 11.4. The van der Waals surface area contributed by atoms with Crippen LogP contribution in [0, 0.1) is 5.92 Å². The van der Waals surface area contributed by atoms with Gasteiger partial charge in [0.05, 0.1) is 19.1 Å². The van der Waals surface area contributed by atoms with Crippen LogP contribution >= 0.6 is 0 Å². The molecule has 1 amide bonds. The van der Waals surface area contributed by atoms with Crippen LogP contribution in [0.3, 0.4) is 0 Å². The van der Waals surface area contributed by atoms with Gasteiger partial charge >= 0.3 is 5.97 Å². The molecule has 0 aromatic rings. The van der Waals surface area contributed by atoms with Crippen LogP contribution in [-0.2, 0) is 14.3 Å². The summed E-state index contributed by atoms with van der Waals surface area (Å²) in [7, 11) is 0. The standard InChI is InChI=1S/C13H23NO5/c1-2-3-4-5-6-19-13(18)10-7-11(16)14(8-10)12(17)9-15/h10,12,15,17H,2-9H2,1H3. The first kappa shape index (κ1) is 15.9. The first-order valence-corrected chi connectivity index (χ1v) is 6.85. The second-order valence-corrected chi connectivity index (χ2v) is 4.84. The molecule has 1 fully saturated rings. The summed E-state index contributed by atoms with van der Waals surface area (Å²) in [4.78, 5) is 24.4. The maximum Gasteiger partial charge on any atom is 0.311 e. The first-order chi connectivity index (χ1) is 9.10. The van der Waals surface area contributed by atoms with Gasteiger partial charge in [0.2, 0.25) is 5.91 Å². The first-order valence-electron chi connectivity index (χ1n) is 6.85. The number of carbonyl (C=O) groups is 2. The lowest BCUT2D eigenvalue weighted by Gasteiger charge is -2.21. The van der Waals surface area contributed by atoms with Gasteiger partial charge in [-0.05, 0) is 6.42 Å². The average Bonchev–Trinajstić information content (AvgIpc) is 2.79. The fourth-order valence-electron chi connectivity index (χ4n) is 2.10. The molecule has 0 radical (unpaired) electrons. The van der Waals surface area contributed by atoms with E-state index in [2.05, 4.69) is 6.92 Å². The number of unbranched alkanes of at least 4 members (excludes halogenated alkanes) is 3. The highest BCUT2D eigenvalue weighted by Crippen LogP contribution is 2.20. The number of nitrogens with zero attached hydrogens (tertiary/aromatic N) is 1. The molecule has 0 aromatic heterocycles. The van der Waals surface area contributed by atoms with Gasteiger partial charge in [-0.25, -0.2) is 0 Å². The van der Waals surface area contributed by atoms with Gasteiger partial charge in [0.15, 0.2) is 6.23 Å². The number of likely N-dealkylation sites (tertiary alicyclic amines) is 1. The number of esters is 1. The summed E-state index contributed by atoms with van der Waals surface area (Å²) in [6, 6.07) is 0. The maximum atomic E-state index is 11.7. The molecule has 2 atom stereocenters. The second-order valence-electron chi connectivity index (χ2n) is 4.84. The molecule has 0 bridgehead atoms. The predicted molar refractivity (Wildman–Crippen MR) is 68.0 cm³/mol. The van der Waals surface area contributed by atoms with Gasteiger partial charge in [0, 0.05) is 13.0 Å². The van der Waals surface area contributed by atoms with Crippen LogP contribution in [0.25, 0.3) is 0 Å². The third-order valence-corrected chi connectivity index (χ3v) is 3.26. The van der Waals surface area contributed by atoms with Gasteiger partial charge in [0.1, 0.15) is 0 Å². The van der Waals surface area contributed by atoms with E-state index in [4.69, 9.17) is 9.84 Å². The summed E-state index contributed by atoms with van der Waals surface area (Å²) in [5.41, 5.74) is 0. The van der Waals surface area contributed by atoms with E-state index in [1.54, 1.807) is 0 Å². The number of aliphatic hydroxyl groups excluding tert-OH is 2. The van der Waals surface area contributed by atoms with Gasteiger partial charge in [-0.15, -0.1) is 0 Å². The van der Waals surface area contributed by atoms with Gasteiger partial charge in [-0.3, -0.25) is 9.59 Å². The van der Waals surface area contributed by atoms with Gasteiger partial charge in [0.25, 0.3) is 0 Å². The molecule has 1 saturated heterocycles. The Balaban J connectivity index is 2.29. The van der Waals surface area contributed by atoms with Crippen LogP contribution in [-0.4, -0.2) is 53.0 Å². The Bertz CT molecular complexity index is 307. The number of hydrogen-bond acceptors (Lipinski definition) is 5. The lowest BCUT2D eigenvalue weighted by molar-refractivity contribution is -0.148. The minimum Gasteiger partial charge on any atom is -0.465 e. The molecule has 2 N–H and O–H groups in total. The molecule has 6 nitrogen and oxygen atoms in total. The fourth-order valence-corrected chi connectivity index (χ4v) is 2.10. The van der Waals surface area contributed by atoms with Crippen molar-refractivity contribution >= 4 is 11.9 Å². The third-order valence-electron chi connectivity index (χ3n) is 3.26. The van der Waals surface area contributed by atoms with E-state index in [9.17, 15) is 14.7 Å². The van der Waals surface area contributed by atoms with Crippen LogP contribution in [0.15, 0.2) is 0 Å². The SMILES string of the molecule is CCCCCCOC(=O)C1CC(=O)N(C(O)CO)C1. The molecule has 0 aromatic carbocycles. The summed E-state index contributed by atoms with van der Waals surface area (Å²) in [6.07, 6.45) is 2.93. The van der Waals surface area contributed by atoms with Crippen LogP contribution in [0.2, 0.25) is 0 Å². The van der Waals surface area contributed by atoms with Gasteiger partial charge in [-0.2, -0.15) is 0 Å². The van der Waals surface area contributed by atoms with E-state index in [0.717, 1.165) is 30.6 Å². The number of hydrogen-bond donors (Lipinski definition) is 2. The third kappa shape index (κ3) is 4.80. The minimum atomic E-state index is -1.23. The quantitative estimate of drug-likeness (QED) is 0.489. The fraction of sp³-hybridized carbons (Fsp3) is 0.846. The monoisotopic (exact) mass is 273 g/mol. The Hall–Kier alpha value is -1.14. The summed E-state index contributed by atoms with van der Waals surface area (Å²) in [5, 5.41) is 18.2. The molecule has 0 saturated carbocycles. The summed E-state index contributed by atoms with van der Waals surface area (Å²) < 4.78 is 5.12. The molecule has 1 aliphatic rings. The average molecular weight is 273 g/mol. The van der Waals surface area contributed by atoms with Crippen molar-refractivity contribution in [2.75, 3.05) is 19.8 Å². The predicted octanol–water partition coefficient (Wildman–Crippen LogP) is 0.269. The molecule has 1 heterocycles. The van der Waals surface area contributed by atoms with Crippen molar-refractivity contribution < 1.29 is 24.5 Å². The van der Waals surface area contributed by atoms with Crippen molar-refractivity contribution in [3.8, 4) is 0 Å². The largest absolute Gasteiger partial charge is 0.465 e. The Morgan fingerprint density at radius 1 is 1.47 bits per heavy atom. The minimum absolute atomic E-state index is 0.0465. The van der Waals surface area contributed by atoms with Crippen molar-refractivity contribution in [2.24, 2.45) is 5.92 Å². The van der Waals surface area contributed by atoms with Crippen molar-refractivity contribution in [3.05, 3.63) is 0 Å². The molecule has 0 spiro atoms. The summed E-state index contributed by atoms with van der Waals surface area (Å²) in [5.74, 6) is -1.24. The molecule has 2 unspecified atom stereocenters. The lowest BCUT2D eigenvalue weighted by Crippen LogP contribution is -2.39. The Labute approximate surface area is 113 Å². The van der Waals surface area contributed by atoms with E-state index in [-0.39, 0.29) is 18.9 Å². The molecule has 1 rings (SSSR count). The van der Waals surface area contributed by atoms with E-state index in [1.165, 1.54) is 0 Å². The number of amides is 1. The summed E-state index contributed by atoms with van der Waals surface area (Å²) >= 11 is 0. The highest BCUT2D eigenvalue weighted by atomic mass is 16.5. The molecule has 1 aliphatic heterocycles. The van der Waals surface area contributed by atoms with Crippen LogP contribution < -0.4 is 0 Å². The Kier molecular flexibility index (Phi) is 6.80. The highest BCUT2D eigenvalue weighted by Gasteiger charge is 2.38. The van der Waals surface area contributed by atoms with Gasteiger partial charge < -0.3 is 19.8 Å². The number of carbonyl (C=O) groups excluding carboxylic acids is 2. The normalized spacial score (nSPS) is 20.7. The number of aliphatic hydroxyl groups is 2. The molecule has 0 aliphatic carbocycles. The molecule has 6 heteroatoms. The number of ether oxygens (including phenoxy) is 1. The Morgan fingerprint density at radius 3 is 2.84 bits per heavy atom. The second kappa shape index (κ2) is 8.12. The topological polar surface area (TPSA) is 87.1 Å². The maximum absolute atomic E-state index is 11.7. The van der Waals surface area contributed by atoms with E-state index < -0.39 is 24.7 Å². The highest BCUT2D eigenvalue weighted by molar-refractivity contribution is 5.86. The van der Waals surface area contributed by atoms with E-state index in [0.29, 0.717) is 6.61 Å². The van der Waals surface area contributed by atoms with Crippen molar-refractivity contribution in [2.45, 2.75) is 45.3 Å².